The molecule has 0 bridgehead atoms. The molecule has 0 radical (unpaired) electrons. The van der Waals surface area contributed by atoms with E-state index in [0.717, 1.165) is 33.1 Å². The normalized spacial score (nSPS) is 12.3. The zero-order chi connectivity index (χ0) is 21.0. The standard InChI is InChI=1S/C26H26NO2P/c1-16-14-18-10-6-8-12-20(18)22-23-21-13-9-7-11-19(21)15-17(2)25(23)29-30(28-24(16)22)27-26(3,4)5/h6-15,27H,1-5H3. The van der Waals surface area contributed by atoms with Gasteiger partial charge < -0.3 is 8.39 Å². The molecule has 0 saturated carbocycles. The minimum absolute atomic E-state index is 0.133. The summed E-state index contributed by atoms with van der Waals surface area (Å²) in [6.45, 7) is 10.7. The predicted octanol–water partition coefficient (Wildman–Crippen LogP) is 8.56. The highest BCUT2D eigenvalue weighted by Gasteiger charge is 2.19. The molecule has 0 atom stereocenters. The van der Waals surface area contributed by atoms with Crippen LogP contribution < -0.4 is 5.09 Å². The number of aryl methyl sites for hydroxylation is 2. The van der Waals surface area contributed by atoms with Gasteiger partial charge in [-0.15, -0.1) is 0 Å². The minimum Gasteiger partial charge on any atom is -0.408 e. The smallest absolute Gasteiger partial charge is 0.307 e. The fourth-order valence-electron chi connectivity index (χ4n) is 4.17. The van der Waals surface area contributed by atoms with Crippen molar-refractivity contribution < 1.29 is 8.39 Å². The van der Waals surface area contributed by atoms with Crippen molar-refractivity contribution >= 4 is 51.6 Å². The molecule has 1 aromatic heterocycles. The van der Waals surface area contributed by atoms with Crippen molar-refractivity contribution in [1.29, 1.82) is 0 Å². The summed E-state index contributed by atoms with van der Waals surface area (Å²) in [7, 11) is -1.35. The van der Waals surface area contributed by atoms with E-state index in [1.807, 2.05) is 0 Å². The fourth-order valence-corrected chi connectivity index (χ4v) is 5.65. The third-order valence-electron chi connectivity index (χ3n) is 5.40. The summed E-state index contributed by atoms with van der Waals surface area (Å²) >= 11 is 0. The molecule has 0 aliphatic heterocycles. The van der Waals surface area contributed by atoms with E-state index < -0.39 is 8.16 Å². The molecule has 4 aromatic carbocycles. The third-order valence-corrected chi connectivity index (χ3v) is 6.95. The Kier molecular flexibility index (Phi) is 4.43. The Hall–Kier alpha value is -2.74. The lowest BCUT2D eigenvalue weighted by molar-refractivity contribution is 0.597. The summed E-state index contributed by atoms with van der Waals surface area (Å²) in [5.74, 6) is 0. The maximum atomic E-state index is 6.59. The maximum Gasteiger partial charge on any atom is 0.307 e. The van der Waals surface area contributed by atoms with Gasteiger partial charge in [-0.25, -0.2) is 5.09 Å². The average Bonchev–Trinajstić information content (AvgIpc) is 2.85. The quantitative estimate of drug-likeness (QED) is 0.298. The highest BCUT2D eigenvalue weighted by Crippen LogP contribution is 2.43. The lowest BCUT2D eigenvalue weighted by Crippen LogP contribution is -2.23. The van der Waals surface area contributed by atoms with E-state index in [2.05, 4.69) is 100 Å². The first-order valence-electron chi connectivity index (χ1n) is 10.3. The zero-order valence-corrected chi connectivity index (χ0v) is 18.9. The van der Waals surface area contributed by atoms with Crippen LogP contribution in [0.2, 0.25) is 0 Å². The molecule has 4 heteroatoms. The highest BCUT2D eigenvalue weighted by molar-refractivity contribution is 7.38. The van der Waals surface area contributed by atoms with Gasteiger partial charge in [0.2, 0.25) is 0 Å². The summed E-state index contributed by atoms with van der Waals surface area (Å²) in [6.07, 6.45) is 0. The summed E-state index contributed by atoms with van der Waals surface area (Å²) in [4.78, 5) is 0. The highest BCUT2D eigenvalue weighted by atomic mass is 31.1. The molecule has 0 unspecified atom stereocenters. The van der Waals surface area contributed by atoms with Crippen LogP contribution in [-0.4, -0.2) is 5.54 Å². The van der Waals surface area contributed by atoms with Crippen molar-refractivity contribution in [3.8, 4) is 0 Å². The van der Waals surface area contributed by atoms with Crippen LogP contribution in [0.5, 0.6) is 0 Å². The van der Waals surface area contributed by atoms with Crippen LogP contribution in [0.3, 0.4) is 0 Å². The fraction of sp³-hybridized carbons (Fsp3) is 0.231. The van der Waals surface area contributed by atoms with Gasteiger partial charge in [0.25, 0.3) is 0 Å². The van der Waals surface area contributed by atoms with Gasteiger partial charge in [-0.1, -0.05) is 48.5 Å². The second kappa shape index (κ2) is 6.91. The van der Waals surface area contributed by atoms with Gasteiger partial charge in [0.1, 0.15) is 11.2 Å². The Labute approximate surface area is 177 Å². The van der Waals surface area contributed by atoms with Crippen molar-refractivity contribution in [2.45, 2.75) is 40.2 Å². The number of nitrogens with one attached hydrogen (secondary N) is 1. The van der Waals surface area contributed by atoms with Gasteiger partial charge in [0.05, 0.1) is 0 Å². The van der Waals surface area contributed by atoms with Crippen LogP contribution in [-0.2, 0) is 0 Å². The molecule has 0 aliphatic rings. The van der Waals surface area contributed by atoms with E-state index in [1.165, 1.54) is 21.5 Å². The van der Waals surface area contributed by atoms with Crippen LogP contribution in [0.1, 0.15) is 31.9 Å². The molecule has 0 fully saturated rings. The van der Waals surface area contributed by atoms with E-state index in [9.17, 15) is 0 Å². The van der Waals surface area contributed by atoms with Gasteiger partial charge in [0.15, 0.2) is 0 Å². The Bertz CT molecular complexity index is 1370. The van der Waals surface area contributed by atoms with Crippen molar-refractivity contribution in [2.24, 2.45) is 0 Å². The van der Waals surface area contributed by atoms with E-state index in [4.69, 9.17) is 8.39 Å². The molecule has 5 aromatic rings. The molecule has 30 heavy (non-hydrogen) atoms. The Morgan fingerprint density at radius 3 is 1.57 bits per heavy atom. The molecule has 1 heterocycles. The number of hydrogen-bond acceptors (Lipinski definition) is 3. The van der Waals surface area contributed by atoms with Crippen LogP contribution in [0.25, 0.3) is 43.5 Å². The number of rotatable bonds is 1. The zero-order valence-electron chi connectivity index (χ0n) is 18.0. The molecule has 3 nitrogen and oxygen atoms in total. The largest absolute Gasteiger partial charge is 0.408 e. The number of benzene rings is 4. The second-order valence-electron chi connectivity index (χ2n) is 9.04. The van der Waals surface area contributed by atoms with Crippen LogP contribution in [0.4, 0.5) is 0 Å². The molecule has 0 amide bonds. The molecule has 0 spiro atoms. The average molecular weight is 415 g/mol. The minimum atomic E-state index is -1.35. The predicted molar refractivity (Wildman–Crippen MR) is 130 cm³/mol. The van der Waals surface area contributed by atoms with Crippen molar-refractivity contribution in [1.82, 2.24) is 0 Å². The topological polar surface area (TPSA) is 38.3 Å². The summed E-state index contributed by atoms with van der Waals surface area (Å²) < 4.78 is 13.2. The van der Waals surface area contributed by atoms with Crippen LogP contribution >= 0.6 is 8.16 Å². The number of hydrogen-bond donors (Lipinski definition) is 1. The number of fused-ring (bicyclic) bond motifs is 7. The molecule has 5 rings (SSSR count). The lowest BCUT2D eigenvalue weighted by atomic mass is 9.95. The summed E-state index contributed by atoms with van der Waals surface area (Å²) in [5, 5.41) is 10.6. The third kappa shape index (κ3) is 3.19. The van der Waals surface area contributed by atoms with Gasteiger partial charge >= 0.3 is 8.16 Å². The van der Waals surface area contributed by atoms with Crippen molar-refractivity contribution in [3.05, 3.63) is 71.8 Å². The van der Waals surface area contributed by atoms with Crippen LogP contribution in [0, 0.1) is 13.8 Å². The molecule has 0 aliphatic carbocycles. The van der Waals surface area contributed by atoms with Gasteiger partial charge in [-0.3, -0.25) is 0 Å². The van der Waals surface area contributed by atoms with Gasteiger partial charge in [-0.05, 0) is 79.4 Å². The van der Waals surface area contributed by atoms with Gasteiger partial charge in [0, 0.05) is 16.3 Å². The SMILES string of the molecule is Cc1cc2ccccc2c2c1op(NC(C)(C)C)oc1c(C)cc3ccccc3c12. The first kappa shape index (κ1) is 19.2. The van der Waals surface area contributed by atoms with Gasteiger partial charge in [-0.2, -0.15) is 0 Å². The molecule has 0 saturated heterocycles. The first-order chi connectivity index (χ1) is 14.3. The van der Waals surface area contributed by atoms with Crippen molar-refractivity contribution in [2.75, 3.05) is 5.09 Å². The Morgan fingerprint density at radius 1 is 0.700 bits per heavy atom. The Balaban J connectivity index is 2.14. The molecular formula is C26H26NO2P. The second-order valence-corrected chi connectivity index (χ2v) is 10.1. The van der Waals surface area contributed by atoms with E-state index in [1.54, 1.807) is 0 Å². The lowest BCUT2D eigenvalue weighted by Gasteiger charge is -2.17. The van der Waals surface area contributed by atoms with Crippen LogP contribution in [0.15, 0.2) is 69.1 Å². The molecule has 1 N–H and O–H groups in total. The first-order valence-corrected chi connectivity index (χ1v) is 11.5. The Morgan fingerprint density at radius 2 is 1.13 bits per heavy atom. The summed E-state index contributed by atoms with van der Waals surface area (Å²) in [5.41, 5.74) is 3.92. The summed E-state index contributed by atoms with van der Waals surface area (Å²) in [6, 6.07) is 21.5. The monoisotopic (exact) mass is 415 g/mol. The molecular weight excluding hydrogens is 389 g/mol. The van der Waals surface area contributed by atoms with Crippen molar-refractivity contribution in [3.63, 3.8) is 0 Å². The van der Waals surface area contributed by atoms with E-state index in [0.29, 0.717) is 0 Å². The molecule has 152 valence electrons. The maximum absolute atomic E-state index is 6.59. The van der Waals surface area contributed by atoms with E-state index >= 15 is 0 Å². The van der Waals surface area contributed by atoms with E-state index in [-0.39, 0.29) is 5.54 Å².